The van der Waals surface area contributed by atoms with Crippen LogP contribution < -0.4 is 4.74 Å². The summed E-state index contributed by atoms with van der Waals surface area (Å²) < 4.78 is 5.46. The van der Waals surface area contributed by atoms with E-state index in [9.17, 15) is 14.9 Å². The zero-order valence-corrected chi connectivity index (χ0v) is 13.3. The van der Waals surface area contributed by atoms with Crippen LogP contribution in [0.2, 0.25) is 0 Å². The lowest BCUT2D eigenvalue weighted by molar-refractivity contribution is -0.384. The Morgan fingerprint density at radius 3 is 2.67 bits per heavy atom. The van der Waals surface area contributed by atoms with E-state index in [2.05, 4.69) is 12.1 Å². The summed E-state index contributed by atoms with van der Waals surface area (Å²) in [6.45, 7) is -0.0903. The fourth-order valence-electron chi connectivity index (χ4n) is 3.02. The van der Waals surface area contributed by atoms with Crippen LogP contribution in [0, 0.1) is 10.1 Å². The molecule has 124 valence electrons. The molecule has 0 spiro atoms. The van der Waals surface area contributed by atoms with Crippen molar-refractivity contribution in [2.45, 2.75) is 18.9 Å². The molecule has 2 aromatic carbocycles. The molecule has 1 aliphatic rings. The summed E-state index contributed by atoms with van der Waals surface area (Å²) in [5.41, 5.74) is 2.48. The first-order valence-corrected chi connectivity index (χ1v) is 7.77. The first-order valence-electron chi connectivity index (χ1n) is 7.77. The van der Waals surface area contributed by atoms with E-state index in [0.29, 0.717) is 5.75 Å². The van der Waals surface area contributed by atoms with Gasteiger partial charge in [-0.25, -0.2) is 0 Å². The van der Waals surface area contributed by atoms with Gasteiger partial charge in [-0.15, -0.1) is 0 Å². The largest absolute Gasteiger partial charge is 0.484 e. The molecule has 0 saturated heterocycles. The Kier molecular flexibility index (Phi) is 4.46. The van der Waals surface area contributed by atoms with E-state index in [-0.39, 0.29) is 24.2 Å². The molecule has 3 rings (SSSR count). The van der Waals surface area contributed by atoms with E-state index in [1.807, 2.05) is 12.1 Å². The lowest BCUT2D eigenvalue weighted by Gasteiger charge is -2.25. The number of nitro benzene ring substituents is 1. The van der Waals surface area contributed by atoms with Crippen molar-refractivity contribution in [2.75, 3.05) is 13.7 Å². The molecule has 0 aliphatic heterocycles. The highest BCUT2D eigenvalue weighted by molar-refractivity contribution is 5.78. The fraction of sp³-hybridized carbons (Fsp3) is 0.278. The number of hydrogen-bond acceptors (Lipinski definition) is 4. The van der Waals surface area contributed by atoms with Crippen molar-refractivity contribution in [3.63, 3.8) is 0 Å². The molecule has 6 nitrogen and oxygen atoms in total. The summed E-state index contributed by atoms with van der Waals surface area (Å²) in [6, 6.07) is 14.0. The van der Waals surface area contributed by atoms with Crippen LogP contribution in [-0.4, -0.2) is 29.4 Å². The molecule has 1 aliphatic carbocycles. The number of nitrogens with zero attached hydrogens (tertiary/aromatic N) is 2. The Balaban J connectivity index is 1.60. The van der Waals surface area contributed by atoms with Crippen LogP contribution >= 0.6 is 0 Å². The van der Waals surface area contributed by atoms with Crippen LogP contribution in [-0.2, 0) is 11.2 Å². The Morgan fingerprint density at radius 1 is 1.25 bits per heavy atom. The molecule has 0 bridgehead atoms. The maximum Gasteiger partial charge on any atom is 0.269 e. The molecule has 0 N–H and O–H groups in total. The molecule has 24 heavy (non-hydrogen) atoms. The van der Waals surface area contributed by atoms with E-state index < -0.39 is 4.92 Å². The number of nitro groups is 1. The normalized spacial score (nSPS) is 15.6. The third-order valence-electron chi connectivity index (χ3n) is 4.37. The topological polar surface area (TPSA) is 72.7 Å². The van der Waals surface area contributed by atoms with Gasteiger partial charge in [0.2, 0.25) is 0 Å². The van der Waals surface area contributed by atoms with Gasteiger partial charge >= 0.3 is 0 Å². The van der Waals surface area contributed by atoms with Gasteiger partial charge < -0.3 is 9.64 Å². The molecule has 0 heterocycles. The molecule has 0 aromatic heterocycles. The standard InChI is InChI=1S/C18H18N2O4/c1-19(17-11-6-13-4-2-3-5-16(13)17)18(21)12-24-15-9-7-14(8-10-15)20(22)23/h2-5,7-10,17H,6,11-12H2,1H3. The van der Waals surface area contributed by atoms with Crippen molar-refractivity contribution in [1.82, 2.24) is 4.90 Å². The van der Waals surface area contributed by atoms with Crippen molar-refractivity contribution in [3.8, 4) is 5.75 Å². The number of rotatable bonds is 5. The SMILES string of the molecule is CN(C(=O)COc1ccc([N+](=O)[O-])cc1)C1CCc2ccccc21. The summed E-state index contributed by atoms with van der Waals surface area (Å²) in [7, 11) is 1.79. The quantitative estimate of drug-likeness (QED) is 0.625. The minimum absolute atomic E-state index is 0.00615. The van der Waals surface area contributed by atoms with Crippen LogP contribution in [0.25, 0.3) is 0 Å². The summed E-state index contributed by atoms with van der Waals surface area (Å²) in [4.78, 5) is 24.2. The van der Waals surface area contributed by atoms with Gasteiger partial charge in [0.05, 0.1) is 11.0 Å². The molecular weight excluding hydrogens is 308 g/mol. The smallest absolute Gasteiger partial charge is 0.269 e. The lowest BCUT2D eigenvalue weighted by atomic mass is 10.1. The number of benzene rings is 2. The molecule has 0 fully saturated rings. The Morgan fingerprint density at radius 2 is 1.96 bits per heavy atom. The highest BCUT2D eigenvalue weighted by Gasteiger charge is 2.28. The van der Waals surface area contributed by atoms with E-state index in [1.54, 1.807) is 11.9 Å². The highest BCUT2D eigenvalue weighted by atomic mass is 16.6. The number of ether oxygens (including phenoxy) is 1. The van der Waals surface area contributed by atoms with E-state index in [0.717, 1.165) is 12.8 Å². The highest BCUT2D eigenvalue weighted by Crippen LogP contribution is 2.34. The minimum atomic E-state index is -0.472. The second-order valence-electron chi connectivity index (χ2n) is 5.80. The van der Waals surface area contributed by atoms with Gasteiger partial charge in [-0.2, -0.15) is 0 Å². The van der Waals surface area contributed by atoms with Gasteiger partial charge in [-0.05, 0) is 36.1 Å². The predicted octanol–water partition coefficient (Wildman–Crippen LogP) is 3.12. The van der Waals surface area contributed by atoms with E-state index >= 15 is 0 Å². The molecule has 1 atom stereocenters. The fourth-order valence-corrected chi connectivity index (χ4v) is 3.02. The maximum absolute atomic E-state index is 12.4. The molecule has 1 amide bonds. The number of likely N-dealkylation sites (N-methyl/N-ethyl adjacent to an activating group) is 1. The molecule has 2 aromatic rings. The molecular formula is C18H18N2O4. The van der Waals surface area contributed by atoms with Gasteiger partial charge in [0.15, 0.2) is 6.61 Å². The Bertz CT molecular complexity index is 758. The third kappa shape index (κ3) is 3.22. The first-order chi connectivity index (χ1) is 11.6. The first kappa shape index (κ1) is 16.0. The Labute approximate surface area is 139 Å². The van der Waals surface area contributed by atoms with Crippen molar-refractivity contribution in [1.29, 1.82) is 0 Å². The van der Waals surface area contributed by atoms with Crippen LogP contribution in [0.4, 0.5) is 5.69 Å². The predicted molar refractivity (Wildman–Crippen MR) is 88.9 cm³/mol. The van der Waals surface area contributed by atoms with Gasteiger partial charge in [-0.3, -0.25) is 14.9 Å². The Hall–Kier alpha value is -2.89. The summed E-state index contributed by atoms with van der Waals surface area (Å²) in [6.07, 6.45) is 1.89. The number of hydrogen-bond donors (Lipinski definition) is 0. The van der Waals surface area contributed by atoms with Gasteiger partial charge in [0.25, 0.3) is 11.6 Å². The average Bonchev–Trinajstić information content (AvgIpc) is 3.03. The number of carbonyl (C=O) groups excluding carboxylic acids is 1. The maximum atomic E-state index is 12.4. The minimum Gasteiger partial charge on any atom is -0.484 e. The summed E-state index contributed by atoms with van der Waals surface area (Å²) in [5, 5.41) is 10.6. The van der Waals surface area contributed by atoms with E-state index in [1.165, 1.54) is 35.4 Å². The van der Waals surface area contributed by atoms with Gasteiger partial charge in [0, 0.05) is 19.2 Å². The van der Waals surface area contributed by atoms with Crippen LogP contribution in [0.5, 0.6) is 5.75 Å². The van der Waals surface area contributed by atoms with Crippen molar-refractivity contribution < 1.29 is 14.5 Å². The second kappa shape index (κ2) is 6.70. The van der Waals surface area contributed by atoms with Gasteiger partial charge in [0.1, 0.15) is 5.75 Å². The number of aryl methyl sites for hydroxylation is 1. The monoisotopic (exact) mass is 326 g/mol. The number of amides is 1. The van der Waals surface area contributed by atoms with Crippen LogP contribution in [0.3, 0.4) is 0 Å². The second-order valence-corrected chi connectivity index (χ2v) is 5.80. The number of fused-ring (bicyclic) bond motifs is 1. The van der Waals surface area contributed by atoms with E-state index in [4.69, 9.17) is 4.74 Å². The van der Waals surface area contributed by atoms with Crippen molar-refractivity contribution in [2.24, 2.45) is 0 Å². The molecule has 6 heteroatoms. The third-order valence-corrected chi connectivity index (χ3v) is 4.37. The molecule has 0 saturated carbocycles. The van der Waals surface area contributed by atoms with Crippen LogP contribution in [0.1, 0.15) is 23.6 Å². The van der Waals surface area contributed by atoms with Crippen molar-refractivity contribution >= 4 is 11.6 Å². The number of carbonyl (C=O) groups is 1. The van der Waals surface area contributed by atoms with Crippen LogP contribution in [0.15, 0.2) is 48.5 Å². The summed E-state index contributed by atoms with van der Waals surface area (Å²) >= 11 is 0. The summed E-state index contributed by atoms with van der Waals surface area (Å²) in [5.74, 6) is 0.323. The zero-order chi connectivity index (χ0) is 17.1. The lowest BCUT2D eigenvalue weighted by Crippen LogP contribution is -2.34. The number of non-ortho nitro benzene ring substituents is 1. The average molecular weight is 326 g/mol. The zero-order valence-electron chi connectivity index (χ0n) is 13.3. The molecule has 1 unspecified atom stereocenters. The van der Waals surface area contributed by atoms with Crippen molar-refractivity contribution in [3.05, 3.63) is 69.8 Å². The van der Waals surface area contributed by atoms with Gasteiger partial charge in [-0.1, -0.05) is 24.3 Å². The molecule has 0 radical (unpaired) electrons.